The molecule has 3 atom stereocenters. The van der Waals surface area contributed by atoms with Gasteiger partial charge in [0.05, 0.1) is 19.6 Å². The van der Waals surface area contributed by atoms with Gasteiger partial charge in [0.25, 0.3) is 5.91 Å². The average Bonchev–Trinajstić information content (AvgIpc) is 3.19. The fourth-order valence-electron chi connectivity index (χ4n) is 3.63. The zero-order valence-corrected chi connectivity index (χ0v) is 21.0. The lowest BCUT2D eigenvalue weighted by molar-refractivity contribution is -0.143. The Bertz CT molecular complexity index is 1020. The van der Waals surface area contributed by atoms with Crippen LogP contribution in [0.4, 0.5) is 0 Å². The van der Waals surface area contributed by atoms with Gasteiger partial charge in [-0.15, -0.1) is 11.8 Å². The summed E-state index contributed by atoms with van der Waals surface area (Å²) in [5.41, 5.74) is 0.872. The number of para-hydroxylation sites is 1. The number of nitrogens with one attached hydrogen (secondary N) is 3. The Kier molecular flexibility index (Phi) is 9.00. The van der Waals surface area contributed by atoms with Crippen LogP contribution in [0.1, 0.15) is 19.4 Å². The zero-order chi connectivity index (χ0) is 25.4. The van der Waals surface area contributed by atoms with Crippen molar-refractivity contribution < 1.29 is 28.6 Å². The third-order valence-electron chi connectivity index (χ3n) is 5.53. The molecule has 2 aromatic rings. The van der Waals surface area contributed by atoms with E-state index in [-0.39, 0.29) is 19.1 Å². The number of carbonyl (C=O) groups is 3. The summed E-state index contributed by atoms with van der Waals surface area (Å²) >= 11 is 1.39. The number of methoxy groups -OCH3 is 2. The van der Waals surface area contributed by atoms with Gasteiger partial charge in [0.2, 0.25) is 5.91 Å². The molecule has 2 amide bonds. The second-order valence-electron chi connectivity index (χ2n) is 8.48. The smallest absolute Gasteiger partial charge is 0.324 e. The van der Waals surface area contributed by atoms with Crippen molar-refractivity contribution in [2.24, 2.45) is 0 Å². The van der Waals surface area contributed by atoms with Crippen LogP contribution in [0.2, 0.25) is 0 Å². The molecule has 0 saturated carbocycles. The van der Waals surface area contributed by atoms with Crippen LogP contribution in [-0.4, -0.2) is 60.8 Å². The number of hydrogen-bond acceptors (Lipinski definition) is 8. The Balaban J connectivity index is 1.70. The second kappa shape index (κ2) is 11.9. The van der Waals surface area contributed by atoms with Crippen molar-refractivity contribution in [3.05, 3.63) is 60.2 Å². The van der Waals surface area contributed by atoms with Crippen LogP contribution in [0.5, 0.6) is 11.5 Å². The Labute approximate surface area is 209 Å². The standard InChI is InChI=1S/C25H31N3O6S/c1-25(2)21(24(31)33-4)28-23(35-25)20(27-19(29)15-34-18-8-6-5-7-9-18)22(30)26-14-16-10-12-17(32-3)13-11-16/h5-13,20-21,23,28H,14-15H2,1-4H3,(H,26,30)(H,27,29)/t20-,21?,23?/m1/s1. The number of carbonyl (C=O) groups excluding carboxylic acids is 3. The molecule has 0 spiro atoms. The molecular formula is C25H31N3O6S. The summed E-state index contributed by atoms with van der Waals surface area (Å²) in [6.45, 7) is 3.78. The molecule has 0 aliphatic carbocycles. The van der Waals surface area contributed by atoms with Crippen LogP contribution in [0.15, 0.2) is 54.6 Å². The van der Waals surface area contributed by atoms with E-state index < -0.39 is 34.1 Å². The number of amides is 2. The van der Waals surface area contributed by atoms with E-state index in [2.05, 4.69) is 16.0 Å². The summed E-state index contributed by atoms with van der Waals surface area (Å²) in [6.07, 6.45) is 0. The van der Waals surface area contributed by atoms with Gasteiger partial charge in [-0.3, -0.25) is 19.7 Å². The number of hydrogen-bond donors (Lipinski definition) is 3. The minimum atomic E-state index is -0.959. The van der Waals surface area contributed by atoms with E-state index in [4.69, 9.17) is 14.2 Å². The van der Waals surface area contributed by atoms with E-state index in [9.17, 15) is 14.4 Å². The molecule has 188 valence electrons. The lowest BCUT2D eigenvalue weighted by atomic mass is 10.0. The van der Waals surface area contributed by atoms with Gasteiger partial charge in [-0.1, -0.05) is 30.3 Å². The average molecular weight is 502 g/mol. The molecule has 1 saturated heterocycles. The highest BCUT2D eigenvalue weighted by Crippen LogP contribution is 2.39. The highest BCUT2D eigenvalue weighted by molar-refractivity contribution is 8.01. The fourth-order valence-corrected chi connectivity index (χ4v) is 5.12. The monoisotopic (exact) mass is 501 g/mol. The Morgan fingerprint density at radius 1 is 1.03 bits per heavy atom. The summed E-state index contributed by atoms with van der Waals surface area (Å²) in [6, 6.07) is 14.6. The van der Waals surface area contributed by atoms with Crippen LogP contribution >= 0.6 is 11.8 Å². The molecule has 0 radical (unpaired) electrons. The molecule has 10 heteroatoms. The van der Waals surface area contributed by atoms with Gasteiger partial charge in [0.1, 0.15) is 23.6 Å². The van der Waals surface area contributed by atoms with Crippen molar-refractivity contribution in [2.75, 3.05) is 20.8 Å². The summed E-state index contributed by atoms with van der Waals surface area (Å²) in [5.74, 6) is -0.0174. The van der Waals surface area contributed by atoms with E-state index in [0.717, 1.165) is 5.56 Å². The van der Waals surface area contributed by atoms with Crippen molar-refractivity contribution in [3.63, 3.8) is 0 Å². The van der Waals surface area contributed by atoms with Crippen molar-refractivity contribution in [2.45, 2.75) is 42.6 Å². The summed E-state index contributed by atoms with van der Waals surface area (Å²) in [4.78, 5) is 38.2. The SMILES string of the molecule is COC(=O)C1NC([C@H](NC(=O)COc2ccccc2)C(=O)NCc2ccc(OC)cc2)SC1(C)C. The van der Waals surface area contributed by atoms with Gasteiger partial charge >= 0.3 is 5.97 Å². The Morgan fingerprint density at radius 2 is 1.71 bits per heavy atom. The molecule has 3 N–H and O–H groups in total. The topological polar surface area (TPSA) is 115 Å². The van der Waals surface area contributed by atoms with Crippen LogP contribution in [0.3, 0.4) is 0 Å². The number of ether oxygens (including phenoxy) is 3. The first-order valence-electron chi connectivity index (χ1n) is 11.1. The van der Waals surface area contributed by atoms with E-state index in [1.54, 1.807) is 43.5 Å². The van der Waals surface area contributed by atoms with Gasteiger partial charge < -0.3 is 24.8 Å². The Hall–Kier alpha value is -3.24. The lowest BCUT2D eigenvalue weighted by Gasteiger charge is -2.25. The largest absolute Gasteiger partial charge is 0.497 e. The van der Waals surface area contributed by atoms with Gasteiger partial charge in [0, 0.05) is 11.3 Å². The number of rotatable bonds is 10. The predicted molar refractivity (Wildman–Crippen MR) is 133 cm³/mol. The van der Waals surface area contributed by atoms with E-state index in [1.165, 1.54) is 18.9 Å². The fraction of sp³-hybridized carbons (Fsp3) is 0.400. The molecular weight excluding hydrogens is 470 g/mol. The third-order valence-corrected chi connectivity index (χ3v) is 7.04. The number of thioether (sulfide) groups is 1. The van der Waals surface area contributed by atoms with Gasteiger partial charge in [0.15, 0.2) is 6.61 Å². The van der Waals surface area contributed by atoms with Gasteiger partial charge in [-0.05, 0) is 43.7 Å². The maximum atomic E-state index is 13.2. The lowest BCUT2D eigenvalue weighted by Crippen LogP contribution is -2.57. The Morgan fingerprint density at radius 3 is 2.34 bits per heavy atom. The molecule has 35 heavy (non-hydrogen) atoms. The number of benzene rings is 2. The van der Waals surface area contributed by atoms with Crippen LogP contribution in [0.25, 0.3) is 0 Å². The number of esters is 1. The molecule has 0 aromatic heterocycles. The third kappa shape index (κ3) is 7.12. The minimum Gasteiger partial charge on any atom is -0.497 e. The highest BCUT2D eigenvalue weighted by atomic mass is 32.2. The van der Waals surface area contributed by atoms with E-state index in [0.29, 0.717) is 11.5 Å². The van der Waals surface area contributed by atoms with E-state index >= 15 is 0 Å². The normalized spacial score (nSPS) is 19.3. The summed E-state index contributed by atoms with van der Waals surface area (Å²) in [5, 5.41) is 8.24. The molecule has 1 aliphatic heterocycles. The molecule has 1 heterocycles. The van der Waals surface area contributed by atoms with Crippen molar-refractivity contribution in [1.82, 2.24) is 16.0 Å². The molecule has 3 rings (SSSR count). The van der Waals surface area contributed by atoms with Crippen LogP contribution < -0.4 is 25.4 Å². The van der Waals surface area contributed by atoms with Crippen molar-refractivity contribution in [3.8, 4) is 11.5 Å². The van der Waals surface area contributed by atoms with Crippen LogP contribution in [0, 0.1) is 0 Å². The minimum absolute atomic E-state index is 0.256. The zero-order valence-electron chi connectivity index (χ0n) is 20.2. The van der Waals surface area contributed by atoms with Crippen LogP contribution in [-0.2, 0) is 25.7 Å². The molecule has 1 aliphatic rings. The summed E-state index contributed by atoms with van der Waals surface area (Å²) in [7, 11) is 2.90. The molecule has 2 unspecified atom stereocenters. The molecule has 2 aromatic carbocycles. The summed E-state index contributed by atoms with van der Waals surface area (Å²) < 4.78 is 15.0. The highest BCUT2D eigenvalue weighted by Gasteiger charge is 2.49. The van der Waals surface area contributed by atoms with Gasteiger partial charge in [-0.25, -0.2) is 0 Å². The first kappa shape index (κ1) is 26.4. The molecule has 0 bridgehead atoms. The van der Waals surface area contributed by atoms with E-state index in [1.807, 2.05) is 32.0 Å². The van der Waals surface area contributed by atoms with Gasteiger partial charge in [-0.2, -0.15) is 0 Å². The van der Waals surface area contributed by atoms with Crippen molar-refractivity contribution >= 4 is 29.5 Å². The quantitative estimate of drug-likeness (QED) is 0.423. The molecule has 1 fully saturated rings. The predicted octanol–water partition coefficient (Wildman–Crippen LogP) is 1.86. The van der Waals surface area contributed by atoms with Crippen molar-refractivity contribution in [1.29, 1.82) is 0 Å². The maximum absolute atomic E-state index is 13.2. The maximum Gasteiger partial charge on any atom is 0.324 e. The first-order valence-corrected chi connectivity index (χ1v) is 12.0. The first-order chi connectivity index (χ1) is 16.7. The second-order valence-corrected chi connectivity index (χ2v) is 10.3. The molecule has 9 nitrogen and oxygen atoms in total.